The molecule has 0 bridgehead atoms. The Kier molecular flexibility index (Phi) is 5.45. The Bertz CT molecular complexity index is 1380. The van der Waals surface area contributed by atoms with E-state index < -0.39 is 24.7 Å². The number of fused-ring (bicyclic) bond motifs is 2. The van der Waals surface area contributed by atoms with Crippen LogP contribution in [0.3, 0.4) is 0 Å². The first-order valence-electron chi connectivity index (χ1n) is 10.7. The van der Waals surface area contributed by atoms with Gasteiger partial charge < -0.3 is 15.5 Å². The van der Waals surface area contributed by atoms with Gasteiger partial charge in [0.2, 0.25) is 5.95 Å². The summed E-state index contributed by atoms with van der Waals surface area (Å²) >= 11 is 0. The Balaban J connectivity index is 1.52. The summed E-state index contributed by atoms with van der Waals surface area (Å²) in [6.07, 6.45) is -2.66. The van der Waals surface area contributed by atoms with E-state index in [0.717, 1.165) is 0 Å². The van der Waals surface area contributed by atoms with Crippen molar-refractivity contribution in [3.8, 4) is 11.3 Å². The normalized spacial score (nSPS) is 18.9. The van der Waals surface area contributed by atoms with Gasteiger partial charge in [-0.3, -0.25) is 0 Å². The van der Waals surface area contributed by atoms with Gasteiger partial charge in [0.15, 0.2) is 11.5 Å². The largest absolute Gasteiger partial charge is 0.408 e. The van der Waals surface area contributed by atoms with Crippen LogP contribution in [0, 0.1) is 0 Å². The van der Waals surface area contributed by atoms with Crippen LogP contribution in [0.5, 0.6) is 0 Å². The van der Waals surface area contributed by atoms with E-state index in [1.54, 1.807) is 37.3 Å². The minimum absolute atomic E-state index is 0.0196. The average Bonchev–Trinajstić information content (AvgIpc) is 3.37. The highest BCUT2D eigenvalue weighted by atomic mass is 19.4. The smallest absolute Gasteiger partial charge is 0.371 e. The maximum absolute atomic E-state index is 14.5. The highest BCUT2D eigenvalue weighted by molar-refractivity contribution is 5.89. The van der Waals surface area contributed by atoms with Crippen molar-refractivity contribution in [2.45, 2.75) is 31.1 Å². The molecule has 4 aromatic heterocycles. The van der Waals surface area contributed by atoms with Crippen molar-refractivity contribution in [2.24, 2.45) is 0 Å². The molecule has 5 rings (SSSR count). The summed E-state index contributed by atoms with van der Waals surface area (Å²) in [5, 5.41) is 17.3. The zero-order valence-electron chi connectivity index (χ0n) is 18.7. The van der Waals surface area contributed by atoms with E-state index >= 15 is 0 Å². The molecule has 1 saturated heterocycles. The fraction of sp³-hybridized carbons (Fsp3) is 0.450. The van der Waals surface area contributed by atoms with Crippen molar-refractivity contribution in [1.29, 1.82) is 0 Å². The first-order valence-corrected chi connectivity index (χ1v) is 10.7. The number of aromatic nitrogens is 7. The third-order valence-electron chi connectivity index (χ3n) is 5.81. The van der Waals surface area contributed by atoms with Crippen LogP contribution in [0.4, 0.5) is 33.7 Å². The lowest BCUT2D eigenvalue weighted by atomic mass is 10.0. The van der Waals surface area contributed by atoms with E-state index in [4.69, 9.17) is 0 Å². The van der Waals surface area contributed by atoms with Crippen molar-refractivity contribution in [1.82, 2.24) is 39.5 Å². The number of pyridine rings is 1. The monoisotopic (exact) mass is 496 g/mol. The van der Waals surface area contributed by atoms with Crippen molar-refractivity contribution in [3.05, 3.63) is 24.4 Å². The Morgan fingerprint density at radius 3 is 2.69 bits per heavy atom. The maximum atomic E-state index is 14.5. The predicted octanol–water partition coefficient (Wildman–Crippen LogP) is 2.89. The molecule has 10 nitrogen and oxygen atoms in total. The second-order valence-corrected chi connectivity index (χ2v) is 8.44. The van der Waals surface area contributed by atoms with Gasteiger partial charge >= 0.3 is 6.18 Å². The van der Waals surface area contributed by atoms with Gasteiger partial charge in [-0.2, -0.15) is 18.2 Å². The molecule has 5 heterocycles. The highest BCUT2D eigenvalue weighted by Gasteiger charge is 2.44. The molecule has 4 aromatic rings. The molecular weight excluding hydrogens is 475 g/mol. The van der Waals surface area contributed by atoms with E-state index in [-0.39, 0.29) is 30.1 Å². The van der Waals surface area contributed by atoms with Crippen LogP contribution >= 0.6 is 0 Å². The van der Waals surface area contributed by atoms with E-state index in [0.29, 0.717) is 33.8 Å². The van der Waals surface area contributed by atoms with Gasteiger partial charge in [0.1, 0.15) is 17.6 Å². The number of likely N-dealkylation sites (tertiary alicyclic amines) is 1. The zero-order chi connectivity index (χ0) is 25.0. The lowest BCUT2D eigenvalue weighted by Gasteiger charge is -2.36. The summed E-state index contributed by atoms with van der Waals surface area (Å²) in [6, 6.07) is 3.68. The second kappa shape index (κ2) is 8.25. The molecular formula is C20H21F5N10. The van der Waals surface area contributed by atoms with Gasteiger partial charge in [0.25, 0.3) is 5.92 Å². The summed E-state index contributed by atoms with van der Waals surface area (Å²) in [5.74, 6) is -2.60. The minimum atomic E-state index is -4.48. The first-order chi connectivity index (χ1) is 16.5. The molecule has 0 aromatic carbocycles. The lowest BCUT2D eigenvalue weighted by molar-refractivity contribution is -0.142. The fourth-order valence-corrected chi connectivity index (χ4v) is 4.19. The molecule has 1 fully saturated rings. The van der Waals surface area contributed by atoms with Crippen LogP contribution in [0.1, 0.15) is 6.42 Å². The molecule has 0 amide bonds. The van der Waals surface area contributed by atoms with Gasteiger partial charge in [0.05, 0.1) is 18.3 Å². The highest BCUT2D eigenvalue weighted by Crippen LogP contribution is 2.32. The standard InChI is InChI=1S/C20H21F5N10/c1-26-16-15-11(12-3-4-13-17(27-12)35(32-30-13)10-20(23,24)25)5-8-34(15)31-18(29-16)28-14-6-7-33(2)9-19(14,21)22/h3-5,8,14H,6-7,9-10H2,1-2H3,(H2,26,28,29,31). The molecule has 1 aliphatic heterocycles. The van der Waals surface area contributed by atoms with Crippen molar-refractivity contribution < 1.29 is 22.0 Å². The molecule has 186 valence electrons. The lowest BCUT2D eigenvalue weighted by Crippen LogP contribution is -2.53. The summed E-state index contributed by atoms with van der Waals surface area (Å²) in [4.78, 5) is 10.3. The number of rotatable bonds is 5. The Hall–Kier alpha value is -3.62. The number of hydrogen-bond donors (Lipinski definition) is 2. The molecule has 1 unspecified atom stereocenters. The third-order valence-corrected chi connectivity index (χ3v) is 5.81. The molecule has 0 saturated carbocycles. The zero-order valence-corrected chi connectivity index (χ0v) is 18.7. The number of anilines is 2. The Morgan fingerprint density at radius 1 is 1.17 bits per heavy atom. The van der Waals surface area contributed by atoms with Crippen LogP contribution in [0.15, 0.2) is 24.4 Å². The van der Waals surface area contributed by atoms with Crippen molar-refractivity contribution in [2.75, 3.05) is 37.8 Å². The van der Waals surface area contributed by atoms with Gasteiger partial charge in [0, 0.05) is 25.4 Å². The predicted molar refractivity (Wildman–Crippen MR) is 117 cm³/mol. The summed E-state index contributed by atoms with van der Waals surface area (Å²) in [7, 11) is 3.26. The minimum Gasteiger partial charge on any atom is -0.371 e. The van der Waals surface area contributed by atoms with Crippen LogP contribution in [0.25, 0.3) is 27.9 Å². The Morgan fingerprint density at radius 2 is 1.97 bits per heavy atom. The summed E-state index contributed by atoms with van der Waals surface area (Å²) < 4.78 is 69.8. The van der Waals surface area contributed by atoms with Crippen LogP contribution in [-0.2, 0) is 6.54 Å². The van der Waals surface area contributed by atoms with E-state index in [9.17, 15) is 22.0 Å². The third kappa shape index (κ3) is 4.42. The number of hydrogen-bond acceptors (Lipinski definition) is 8. The maximum Gasteiger partial charge on any atom is 0.408 e. The topological polar surface area (TPSA) is 101 Å². The molecule has 1 atom stereocenters. The van der Waals surface area contributed by atoms with Gasteiger partial charge in [-0.1, -0.05) is 5.21 Å². The number of nitrogens with zero attached hydrogens (tertiary/aromatic N) is 8. The molecule has 2 N–H and O–H groups in total. The van der Waals surface area contributed by atoms with Crippen molar-refractivity contribution in [3.63, 3.8) is 0 Å². The van der Waals surface area contributed by atoms with Crippen LogP contribution in [0.2, 0.25) is 0 Å². The van der Waals surface area contributed by atoms with Crippen LogP contribution < -0.4 is 10.6 Å². The van der Waals surface area contributed by atoms with Crippen molar-refractivity contribution >= 4 is 28.4 Å². The number of alkyl halides is 5. The number of halogens is 5. The van der Waals surface area contributed by atoms with E-state index in [1.807, 2.05) is 0 Å². The molecule has 35 heavy (non-hydrogen) atoms. The summed E-state index contributed by atoms with van der Waals surface area (Å²) in [6.45, 7) is -1.18. The molecule has 15 heteroatoms. The average molecular weight is 496 g/mol. The van der Waals surface area contributed by atoms with Crippen LogP contribution in [-0.4, -0.2) is 84.8 Å². The SMILES string of the molecule is CNc1nc(NC2CCN(C)CC2(F)F)nn2ccc(-c3ccc4nnn(CC(F)(F)F)c4n3)c12. The fourth-order valence-electron chi connectivity index (χ4n) is 4.19. The number of piperidine rings is 1. The van der Waals surface area contributed by atoms with E-state index in [1.165, 1.54) is 10.6 Å². The molecule has 1 aliphatic rings. The first kappa shape index (κ1) is 23.1. The van der Waals surface area contributed by atoms with E-state index in [2.05, 4.69) is 36.0 Å². The Labute approximate surface area is 195 Å². The number of nitrogens with one attached hydrogen (secondary N) is 2. The van der Waals surface area contributed by atoms with Gasteiger partial charge in [-0.15, -0.1) is 10.2 Å². The quantitative estimate of drug-likeness (QED) is 0.407. The molecule has 0 radical (unpaired) electrons. The second-order valence-electron chi connectivity index (χ2n) is 8.44. The molecule has 0 aliphatic carbocycles. The molecule has 0 spiro atoms. The van der Waals surface area contributed by atoms with Gasteiger partial charge in [-0.05, 0) is 31.7 Å². The van der Waals surface area contributed by atoms with Gasteiger partial charge in [-0.25, -0.2) is 23.0 Å². The summed E-state index contributed by atoms with van der Waals surface area (Å²) in [5.41, 5.74) is 1.57.